The fourth-order valence-corrected chi connectivity index (χ4v) is 9.01. The number of fused-ring (bicyclic) bond motifs is 1. The summed E-state index contributed by atoms with van der Waals surface area (Å²) in [7, 11) is -5.65. The largest absolute Gasteiger partial charge is 0.420 e. The molecule has 2 aliphatic heterocycles. The number of allylic oxidation sites excluding steroid dienone is 1. The molecule has 478 valence electrons. The van der Waals surface area contributed by atoms with E-state index in [1.807, 2.05) is 54.5 Å². The lowest BCUT2D eigenvalue weighted by molar-refractivity contribution is -0.136. The fraction of sp³-hybridized carbons (Fsp3) is 0.552. The first-order chi connectivity index (χ1) is 41.5. The van der Waals surface area contributed by atoms with E-state index < -0.39 is 56.4 Å². The monoisotopic (exact) mass is 1240 g/mol. The summed E-state index contributed by atoms with van der Waals surface area (Å²) in [6.45, 7) is 16.3. The molecule has 86 heavy (non-hydrogen) atoms. The van der Waals surface area contributed by atoms with Gasteiger partial charge in [0, 0.05) is 49.6 Å². The van der Waals surface area contributed by atoms with Gasteiger partial charge in [-0.1, -0.05) is 37.8 Å². The van der Waals surface area contributed by atoms with Crippen molar-refractivity contribution in [3.8, 4) is 16.9 Å². The molecule has 3 aromatic carbocycles. The van der Waals surface area contributed by atoms with Crippen LogP contribution in [-0.2, 0) is 71.9 Å². The molecule has 23 nitrogen and oxygen atoms in total. The van der Waals surface area contributed by atoms with Gasteiger partial charge in [-0.15, -0.1) is 0 Å². The summed E-state index contributed by atoms with van der Waals surface area (Å²) in [4.78, 5) is 48.0. The maximum Gasteiger partial charge on any atom is 0.313 e. The highest BCUT2D eigenvalue weighted by molar-refractivity contribution is 7.85. The summed E-state index contributed by atoms with van der Waals surface area (Å²) in [5, 5.41) is 4.85. The van der Waals surface area contributed by atoms with E-state index in [2.05, 4.69) is 29.6 Å². The van der Waals surface area contributed by atoms with Crippen molar-refractivity contribution in [2.75, 3.05) is 158 Å². The molecule has 0 aromatic heterocycles. The van der Waals surface area contributed by atoms with Gasteiger partial charge in [0.2, 0.25) is 23.3 Å². The second-order valence-corrected chi connectivity index (χ2v) is 20.4. The van der Waals surface area contributed by atoms with Crippen LogP contribution < -0.4 is 15.8 Å². The smallest absolute Gasteiger partial charge is 0.313 e. The van der Waals surface area contributed by atoms with Crippen molar-refractivity contribution in [3.63, 3.8) is 0 Å². The van der Waals surface area contributed by atoms with Crippen LogP contribution in [0.3, 0.4) is 0 Å². The van der Waals surface area contributed by atoms with Gasteiger partial charge in [0.25, 0.3) is 5.91 Å². The van der Waals surface area contributed by atoms with Gasteiger partial charge in [-0.2, -0.15) is 17.2 Å². The number of aliphatic imine (C=N–C) groups is 1. The molecule has 28 heteroatoms. The van der Waals surface area contributed by atoms with Gasteiger partial charge >= 0.3 is 16.1 Å². The Bertz CT molecular complexity index is 2760. The first kappa shape index (κ1) is 70.8. The number of nitrogens with zero attached hydrogens (tertiary/aromatic N) is 3. The molecule has 3 aromatic rings. The molecule has 1 atom stereocenters. The molecule has 0 bridgehead atoms. The second kappa shape index (κ2) is 39.0. The lowest BCUT2D eigenvalue weighted by Crippen LogP contribution is -2.38. The molecule has 5 rings (SSSR count). The summed E-state index contributed by atoms with van der Waals surface area (Å²) in [6, 6.07) is 13.4. The molecule has 2 heterocycles. The number of carbonyl (C=O) groups is 3. The molecular weight excluding hydrogens is 1160 g/mol. The van der Waals surface area contributed by atoms with Crippen molar-refractivity contribution in [3.05, 3.63) is 94.7 Å². The third kappa shape index (κ3) is 24.6. The number of nitrogens with one attached hydrogen (secondary N) is 1. The molecule has 0 radical (unpaired) electrons. The van der Waals surface area contributed by atoms with Gasteiger partial charge in [0.15, 0.2) is 16.5 Å². The van der Waals surface area contributed by atoms with E-state index in [1.165, 1.54) is 0 Å². The van der Waals surface area contributed by atoms with E-state index in [1.54, 1.807) is 4.90 Å². The van der Waals surface area contributed by atoms with Crippen LogP contribution in [-0.4, -0.2) is 211 Å². The van der Waals surface area contributed by atoms with Gasteiger partial charge in [-0.25, -0.2) is 13.8 Å². The Hall–Kier alpha value is -5.99. The van der Waals surface area contributed by atoms with Crippen LogP contribution in [0.25, 0.3) is 17.2 Å². The normalized spacial score (nSPS) is 14.2. The number of halogens is 4. The highest BCUT2D eigenvalue weighted by Gasteiger charge is 2.34. The molecule has 4 N–H and O–H groups in total. The zero-order chi connectivity index (χ0) is 62.1. The molecule has 0 aliphatic carbocycles. The van der Waals surface area contributed by atoms with E-state index in [0.29, 0.717) is 143 Å². The predicted octanol–water partition coefficient (Wildman–Crippen LogP) is 5.99. The van der Waals surface area contributed by atoms with Crippen LogP contribution >= 0.6 is 0 Å². The Morgan fingerprint density at radius 2 is 1.15 bits per heavy atom. The third-order valence-electron chi connectivity index (χ3n) is 12.6. The zero-order valence-electron chi connectivity index (χ0n) is 48.6. The number of nitrogens with two attached hydrogens (primary N) is 1. The topological polar surface area (TPSA) is 273 Å². The zero-order valence-corrected chi connectivity index (χ0v) is 49.5. The molecule has 1 unspecified atom stereocenters. The van der Waals surface area contributed by atoms with E-state index in [-0.39, 0.29) is 63.9 Å². The van der Waals surface area contributed by atoms with E-state index >= 15 is 0 Å². The number of hydroxylamine groups is 2. The summed E-state index contributed by atoms with van der Waals surface area (Å²) in [5.41, 5.74) is 12.2. The number of esters is 1. The van der Waals surface area contributed by atoms with Crippen LogP contribution in [0.15, 0.2) is 70.2 Å². The summed E-state index contributed by atoms with van der Waals surface area (Å²) >= 11 is 0. The number of likely N-dealkylation sites (tertiary alicyclic amines) is 1. The van der Waals surface area contributed by atoms with Crippen molar-refractivity contribution in [2.24, 2.45) is 10.7 Å². The van der Waals surface area contributed by atoms with Gasteiger partial charge < -0.3 is 68.1 Å². The van der Waals surface area contributed by atoms with Gasteiger partial charge in [0.05, 0.1) is 157 Å². The minimum absolute atomic E-state index is 0.0160. The number of ether oxygens (including phenoxy) is 11. The summed E-state index contributed by atoms with van der Waals surface area (Å²) < 4.78 is 145. The van der Waals surface area contributed by atoms with Crippen molar-refractivity contribution >= 4 is 45.5 Å². The Labute approximate surface area is 498 Å². The van der Waals surface area contributed by atoms with Gasteiger partial charge in [-0.3, -0.25) is 28.8 Å². The molecule has 0 spiro atoms. The Kier molecular flexibility index (Phi) is 32.1. The average Bonchev–Trinajstić information content (AvgIpc) is 1.03. The number of benzene rings is 3. The molecule has 2 aliphatic rings. The summed E-state index contributed by atoms with van der Waals surface area (Å²) in [5.74, 6) is -12.4. The highest BCUT2D eigenvalue weighted by atomic mass is 32.2. The number of rotatable bonds is 44. The molecule has 2 amide bonds. The van der Waals surface area contributed by atoms with Crippen molar-refractivity contribution in [1.82, 2.24) is 15.3 Å². The number of hydrogen-bond donors (Lipinski definition) is 3. The first-order valence-electron chi connectivity index (χ1n) is 28.3. The van der Waals surface area contributed by atoms with Crippen LogP contribution in [0, 0.1) is 23.3 Å². The van der Waals surface area contributed by atoms with Crippen molar-refractivity contribution in [2.45, 2.75) is 56.9 Å². The Balaban J connectivity index is 0.751. The summed E-state index contributed by atoms with van der Waals surface area (Å²) in [6.07, 6.45) is 3.70. The highest BCUT2D eigenvalue weighted by Crippen LogP contribution is 2.35. The number of amides is 2. The second-order valence-electron chi connectivity index (χ2n) is 19.1. The molecule has 0 saturated carbocycles. The maximum atomic E-state index is 14.0. The average molecular weight is 1240 g/mol. The number of amidine groups is 1. The van der Waals surface area contributed by atoms with Crippen LogP contribution in [0.4, 0.5) is 23.2 Å². The molecular formula is C58H79F4N5O18S. The van der Waals surface area contributed by atoms with Crippen LogP contribution in [0.5, 0.6) is 5.75 Å². The number of carbonyl (C=O) groups excluding carboxylic acids is 3. The molecule has 1 saturated heterocycles. The first-order valence-corrected chi connectivity index (χ1v) is 29.7. The SMILES string of the molecule is C=C(C1=Cc2ccc(-c3ccc(C(=O)N4CCC(NC(=O)CCOCCOCCOCCOCCOCCOCCOCCOCCOCCOCCC(=O)Oc5c(F)c(F)c(S(=O)(=O)O)c(F)c5F)C4)cc3)cc2N=C(N)C1)N(CCC)OCC. The minimum Gasteiger partial charge on any atom is -0.420 e. The maximum absolute atomic E-state index is 14.0. The predicted molar refractivity (Wildman–Crippen MR) is 305 cm³/mol. The van der Waals surface area contributed by atoms with E-state index in [4.69, 9.17) is 67.5 Å². The van der Waals surface area contributed by atoms with Gasteiger partial charge in [-0.05, 0) is 60.7 Å². The third-order valence-corrected chi connectivity index (χ3v) is 13.5. The fourth-order valence-electron chi connectivity index (χ4n) is 8.38. The lowest BCUT2D eigenvalue weighted by Gasteiger charge is -2.26. The van der Waals surface area contributed by atoms with Crippen LogP contribution in [0.2, 0.25) is 0 Å². The van der Waals surface area contributed by atoms with Crippen molar-refractivity contribution in [1.29, 1.82) is 0 Å². The Morgan fingerprint density at radius 3 is 1.62 bits per heavy atom. The Morgan fingerprint density at radius 1 is 0.686 bits per heavy atom. The van der Waals surface area contributed by atoms with E-state index in [9.17, 15) is 40.4 Å². The molecule has 1 fully saturated rings. The lowest BCUT2D eigenvalue weighted by atomic mass is 9.99. The van der Waals surface area contributed by atoms with Crippen molar-refractivity contribution < 1.29 is 102 Å². The number of hydrogen-bond acceptors (Lipinski definition) is 20. The van der Waals surface area contributed by atoms with E-state index in [0.717, 1.165) is 40.1 Å². The quantitative estimate of drug-likeness (QED) is 0.0111. The standard InChI is InChI=1S/C58H79F4N5O18S/c1-4-15-67(84-5-2)41(3)46-37-45-11-10-44(38-48(45)65-49(63)39-46)42-6-8-43(9-7-42)58(70)66-16-12-47(40-66)64-50(68)13-17-74-19-21-76-23-25-78-27-29-80-31-33-82-35-36-83-34-32-81-30-28-79-26-24-77-22-20-75-18-14-51(69)85-56-52(59)54(61)57(86(71,72)73)55(62)53(56)60/h6-11,37-38,47H,3-5,12-36,39-40H2,1-2H3,(H2,63,65)(H,64,68)(H,71,72,73). The minimum atomic E-state index is -5.65. The van der Waals surface area contributed by atoms with Crippen LogP contribution in [0.1, 0.15) is 61.9 Å². The van der Waals surface area contributed by atoms with Gasteiger partial charge in [0.1, 0.15) is 5.84 Å².